The van der Waals surface area contributed by atoms with E-state index in [4.69, 9.17) is 14.5 Å². The number of aryl methyl sites for hydroxylation is 2. The number of anilines is 1. The van der Waals surface area contributed by atoms with Gasteiger partial charge in [-0.3, -0.25) is 9.67 Å². The van der Waals surface area contributed by atoms with E-state index in [0.29, 0.717) is 30.0 Å². The summed E-state index contributed by atoms with van der Waals surface area (Å²) < 4.78 is 27.5. The lowest BCUT2D eigenvalue weighted by Crippen LogP contribution is -2.39. The van der Waals surface area contributed by atoms with E-state index in [2.05, 4.69) is 23.8 Å². The van der Waals surface area contributed by atoms with E-state index >= 15 is 0 Å². The van der Waals surface area contributed by atoms with E-state index in [-0.39, 0.29) is 11.2 Å². The van der Waals surface area contributed by atoms with Gasteiger partial charge in [0, 0.05) is 54.6 Å². The highest BCUT2D eigenvalue weighted by Gasteiger charge is 2.37. The Balaban J connectivity index is 1.66. The Kier molecular flexibility index (Phi) is 9.78. The van der Waals surface area contributed by atoms with Crippen molar-refractivity contribution in [3.63, 3.8) is 0 Å². The molecule has 2 aromatic carbocycles. The molecule has 1 unspecified atom stereocenters. The molecule has 0 spiro atoms. The van der Waals surface area contributed by atoms with Crippen molar-refractivity contribution in [2.45, 2.75) is 79.4 Å². The number of aliphatic carboxylic acids is 1. The van der Waals surface area contributed by atoms with Crippen LogP contribution in [0.2, 0.25) is 0 Å². The number of benzene rings is 2. The van der Waals surface area contributed by atoms with Gasteiger partial charge in [0.25, 0.3) is 0 Å². The third-order valence-corrected chi connectivity index (χ3v) is 9.00. The van der Waals surface area contributed by atoms with Crippen LogP contribution >= 0.6 is 0 Å². The molecule has 8 nitrogen and oxygen atoms in total. The van der Waals surface area contributed by atoms with Crippen molar-refractivity contribution in [3.05, 3.63) is 83.1 Å². The van der Waals surface area contributed by atoms with Gasteiger partial charge in [-0.05, 0) is 88.3 Å². The van der Waals surface area contributed by atoms with Crippen LogP contribution in [0.4, 0.5) is 10.1 Å². The number of piperidine rings is 1. The zero-order chi connectivity index (χ0) is 34.1. The van der Waals surface area contributed by atoms with Gasteiger partial charge in [0.15, 0.2) is 6.10 Å². The average Bonchev–Trinajstić information content (AvgIpc) is 3.34. The highest BCUT2D eigenvalue weighted by molar-refractivity contribution is 5.95. The molecule has 0 bridgehead atoms. The first-order valence-corrected chi connectivity index (χ1v) is 16.3. The second-order valence-corrected chi connectivity index (χ2v) is 14.3. The van der Waals surface area contributed by atoms with Crippen LogP contribution in [0.25, 0.3) is 22.4 Å². The van der Waals surface area contributed by atoms with Crippen molar-refractivity contribution in [2.75, 3.05) is 24.6 Å². The summed E-state index contributed by atoms with van der Waals surface area (Å²) in [5.41, 5.74) is 6.84. The number of hydrogen-bond donors (Lipinski definition) is 1. The predicted molar refractivity (Wildman–Crippen MR) is 183 cm³/mol. The molecule has 1 aliphatic rings. The Morgan fingerprint density at radius 3 is 2.23 bits per heavy atom. The molecule has 0 aliphatic carbocycles. The fourth-order valence-corrected chi connectivity index (χ4v) is 6.12. The van der Waals surface area contributed by atoms with E-state index in [1.165, 1.54) is 12.1 Å². The van der Waals surface area contributed by atoms with Crippen LogP contribution < -0.4 is 9.64 Å². The van der Waals surface area contributed by atoms with Crippen molar-refractivity contribution < 1.29 is 23.8 Å². The van der Waals surface area contributed by atoms with Crippen LogP contribution in [0, 0.1) is 25.1 Å². The van der Waals surface area contributed by atoms with Gasteiger partial charge in [-0.15, -0.1) is 0 Å². The quantitative estimate of drug-likeness (QED) is 0.187. The molecule has 250 valence electrons. The topological polar surface area (TPSA) is 89.7 Å². The van der Waals surface area contributed by atoms with Crippen LogP contribution in [-0.4, -0.2) is 51.1 Å². The maximum atomic E-state index is 13.3. The fourth-order valence-electron chi connectivity index (χ4n) is 6.12. The lowest BCUT2D eigenvalue weighted by atomic mass is 9.81. The van der Waals surface area contributed by atoms with E-state index in [1.807, 2.05) is 76.8 Å². The minimum atomic E-state index is -1.22. The Morgan fingerprint density at radius 2 is 1.68 bits per heavy atom. The van der Waals surface area contributed by atoms with Crippen LogP contribution in [0.1, 0.15) is 76.1 Å². The van der Waals surface area contributed by atoms with E-state index in [0.717, 1.165) is 65.3 Å². The number of hydrogen-bond acceptors (Lipinski definition) is 6. The summed E-state index contributed by atoms with van der Waals surface area (Å²) in [6.07, 6.45) is 3.19. The minimum absolute atomic E-state index is 0.183. The molecule has 1 N–H and O–H groups in total. The summed E-state index contributed by atoms with van der Waals surface area (Å²) in [6, 6.07) is 14.3. The SMILES string of the molecule is Cc1nc(-c2cnn(C)c2C)c(-c2ccc(OCCc3ccc(F)cc3)cc2)c(N2CCC(C)(C)CC2)c1C(OC(C)(C)C)C(=O)O. The molecule has 1 fully saturated rings. The lowest BCUT2D eigenvalue weighted by Gasteiger charge is -2.41. The summed E-state index contributed by atoms with van der Waals surface area (Å²) in [4.78, 5) is 20.4. The standard InChI is InChI=1S/C38H47FN4O4/c1-24-31(35(36(44)45)47-37(3,4)5)34(43-20-18-38(6,7)19-21-43)32(33(41-24)30-23-40-42(8)25(30)2)27-11-15-29(16-12-27)46-22-17-26-9-13-28(39)14-10-26/h9-16,23,35H,17-22H2,1-8H3,(H,44,45). The molecule has 2 aromatic heterocycles. The summed E-state index contributed by atoms with van der Waals surface area (Å²) in [5, 5.41) is 15.1. The summed E-state index contributed by atoms with van der Waals surface area (Å²) in [7, 11) is 1.91. The first-order chi connectivity index (χ1) is 22.1. The predicted octanol–water partition coefficient (Wildman–Crippen LogP) is 8.09. The molecule has 3 heterocycles. The number of nitrogens with zero attached hydrogens (tertiary/aromatic N) is 4. The normalized spacial score (nSPS) is 15.5. The average molecular weight is 643 g/mol. The van der Waals surface area contributed by atoms with Crippen LogP contribution in [-0.2, 0) is 23.0 Å². The first kappa shape index (κ1) is 34.1. The van der Waals surface area contributed by atoms with Gasteiger partial charge in [-0.2, -0.15) is 5.10 Å². The van der Waals surface area contributed by atoms with Crippen molar-refractivity contribution in [1.82, 2.24) is 14.8 Å². The zero-order valence-electron chi connectivity index (χ0n) is 28.9. The van der Waals surface area contributed by atoms with Crippen molar-refractivity contribution in [3.8, 4) is 28.1 Å². The molecule has 1 aliphatic heterocycles. The summed E-state index contributed by atoms with van der Waals surface area (Å²) >= 11 is 0. The largest absolute Gasteiger partial charge is 0.493 e. The zero-order valence-corrected chi connectivity index (χ0v) is 28.9. The maximum Gasteiger partial charge on any atom is 0.337 e. The number of halogens is 1. The second-order valence-electron chi connectivity index (χ2n) is 14.3. The molecule has 9 heteroatoms. The molecule has 1 atom stereocenters. The molecule has 0 saturated carbocycles. The number of pyridine rings is 1. The molecular formula is C38H47FN4O4. The highest BCUT2D eigenvalue weighted by Crippen LogP contribution is 2.48. The van der Waals surface area contributed by atoms with Crippen molar-refractivity contribution in [1.29, 1.82) is 0 Å². The molecule has 0 amide bonds. The number of carboxylic acid groups (broad SMARTS) is 1. The summed E-state index contributed by atoms with van der Waals surface area (Å²) in [6.45, 7) is 16.1. The van der Waals surface area contributed by atoms with Crippen molar-refractivity contribution in [2.24, 2.45) is 12.5 Å². The molecule has 0 radical (unpaired) electrons. The van der Waals surface area contributed by atoms with Gasteiger partial charge in [0.05, 0.1) is 29.8 Å². The Hall–Kier alpha value is -4.24. The van der Waals surface area contributed by atoms with Gasteiger partial charge < -0.3 is 19.5 Å². The number of carbonyl (C=O) groups is 1. The van der Waals surface area contributed by atoms with Crippen LogP contribution in [0.15, 0.2) is 54.7 Å². The van der Waals surface area contributed by atoms with E-state index in [1.54, 1.807) is 12.1 Å². The Morgan fingerprint density at radius 1 is 1.04 bits per heavy atom. The van der Waals surface area contributed by atoms with Crippen LogP contribution in [0.5, 0.6) is 5.75 Å². The number of rotatable bonds is 10. The van der Waals surface area contributed by atoms with E-state index in [9.17, 15) is 14.3 Å². The molecule has 1 saturated heterocycles. The smallest absolute Gasteiger partial charge is 0.337 e. The fraction of sp³-hybridized carbons (Fsp3) is 0.447. The van der Waals surface area contributed by atoms with Gasteiger partial charge in [0.2, 0.25) is 0 Å². The van der Waals surface area contributed by atoms with Gasteiger partial charge in [-0.1, -0.05) is 38.1 Å². The molecule has 47 heavy (non-hydrogen) atoms. The first-order valence-electron chi connectivity index (χ1n) is 16.3. The molecule has 5 rings (SSSR count). The molecular weight excluding hydrogens is 595 g/mol. The van der Waals surface area contributed by atoms with Gasteiger partial charge >= 0.3 is 5.97 Å². The Bertz CT molecular complexity index is 1710. The Labute approximate surface area is 277 Å². The summed E-state index contributed by atoms with van der Waals surface area (Å²) in [5.74, 6) is -0.604. The van der Waals surface area contributed by atoms with Crippen LogP contribution in [0.3, 0.4) is 0 Å². The third kappa shape index (κ3) is 7.84. The number of aromatic nitrogens is 3. The number of ether oxygens (including phenoxy) is 2. The highest BCUT2D eigenvalue weighted by atomic mass is 19.1. The second kappa shape index (κ2) is 13.5. The van der Waals surface area contributed by atoms with Crippen molar-refractivity contribution >= 4 is 11.7 Å². The number of carboxylic acids is 1. The monoisotopic (exact) mass is 642 g/mol. The van der Waals surface area contributed by atoms with E-state index < -0.39 is 17.7 Å². The van der Waals surface area contributed by atoms with Gasteiger partial charge in [-0.25, -0.2) is 9.18 Å². The third-order valence-electron chi connectivity index (χ3n) is 9.00. The lowest BCUT2D eigenvalue weighted by molar-refractivity contribution is -0.160. The molecule has 4 aromatic rings. The maximum absolute atomic E-state index is 13.3. The minimum Gasteiger partial charge on any atom is -0.493 e. The van der Waals surface area contributed by atoms with Gasteiger partial charge in [0.1, 0.15) is 11.6 Å².